The van der Waals surface area contributed by atoms with E-state index >= 15 is 0 Å². The van der Waals surface area contributed by atoms with Gasteiger partial charge in [0.25, 0.3) is 0 Å². The number of ether oxygens (including phenoxy) is 1. The van der Waals surface area contributed by atoms with Crippen molar-refractivity contribution in [2.24, 2.45) is 5.92 Å². The Bertz CT molecular complexity index is 711. The molecular weight excluding hydrogens is 336 g/mol. The monoisotopic (exact) mass is 355 g/mol. The van der Waals surface area contributed by atoms with Crippen LogP contribution in [0.15, 0.2) is 30.9 Å². The molecule has 0 fully saturated rings. The van der Waals surface area contributed by atoms with Crippen LogP contribution in [0.3, 0.4) is 0 Å². The van der Waals surface area contributed by atoms with Gasteiger partial charge in [-0.25, -0.2) is 18.4 Å². The van der Waals surface area contributed by atoms with Crippen LogP contribution in [-0.4, -0.2) is 44.2 Å². The van der Waals surface area contributed by atoms with E-state index in [1.807, 2.05) is 0 Å². The standard InChI is InChI=1S/C16H19F2N3O4/c1-11(23)25-7-12(6-22)5-16(24,8-21-10-19-9-20-21)14-3-2-13(17)4-15(14)18/h2-4,9-10,12,22,24H,5-8H2,1H3/t12-,16+/m1/s1. The number of rotatable bonds is 8. The molecule has 1 aromatic heterocycles. The lowest BCUT2D eigenvalue weighted by atomic mass is 9.84. The zero-order chi connectivity index (χ0) is 18.4. The first kappa shape index (κ1) is 18.9. The van der Waals surface area contributed by atoms with E-state index < -0.39 is 35.7 Å². The molecule has 0 saturated carbocycles. The molecule has 0 saturated heterocycles. The van der Waals surface area contributed by atoms with Gasteiger partial charge in [0.05, 0.1) is 13.2 Å². The Hall–Kier alpha value is -2.39. The van der Waals surface area contributed by atoms with Crippen LogP contribution < -0.4 is 0 Å². The van der Waals surface area contributed by atoms with Gasteiger partial charge in [0.2, 0.25) is 0 Å². The van der Waals surface area contributed by atoms with Gasteiger partial charge in [-0.3, -0.25) is 4.79 Å². The molecule has 9 heteroatoms. The van der Waals surface area contributed by atoms with Crippen molar-refractivity contribution >= 4 is 5.97 Å². The van der Waals surface area contributed by atoms with Crippen molar-refractivity contribution in [1.82, 2.24) is 14.8 Å². The molecule has 2 rings (SSSR count). The molecule has 0 spiro atoms. The molecule has 2 atom stereocenters. The molecule has 0 radical (unpaired) electrons. The number of hydrogen-bond acceptors (Lipinski definition) is 6. The average molecular weight is 355 g/mol. The molecule has 0 aliphatic heterocycles. The number of aromatic nitrogens is 3. The number of halogens is 2. The third-order valence-electron chi connectivity index (χ3n) is 3.73. The van der Waals surface area contributed by atoms with Gasteiger partial charge in [0.15, 0.2) is 0 Å². The van der Waals surface area contributed by atoms with E-state index in [2.05, 4.69) is 10.1 Å². The van der Waals surface area contributed by atoms with Crippen molar-refractivity contribution < 1.29 is 28.5 Å². The number of carbonyl (C=O) groups is 1. The van der Waals surface area contributed by atoms with Gasteiger partial charge in [0.1, 0.15) is 29.9 Å². The third kappa shape index (κ3) is 5.04. The molecule has 1 aromatic carbocycles. The van der Waals surface area contributed by atoms with Gasteiger partial charge < -0.3 is 14.9 Å². The summed E-state index contributed by atoms with van der Waals surface area (Å²) in [6.45, 7) is 0.506. The normalized spacial score (nSPS) is 14.8. The predicted molar refractivity (Wildman–Crippen MR) is 82.1 cm³/mol. The van der Waals surface area contributed by atoms with Crippen molar-refractivity contribution in [3.63, 3.8) is 0 Å². The highest BCUT2D eigenvalue weighted by Crippen LogP contribution is 2.33. The number of esters is 1. The zero-order valence-electron chi connectivity index (χ0n) is 13.6. The van der Waals surface area contributed by atoms with Crippen molar-refractivity contribution in [3.8, 4) is 0 Å². The summed E-state index contributed by atoms with van der Waals surface area (Å²) in [6, 6.07) is 2.84. The molecule has 0 aliphatic rings. The van der Waals surface area contributed by atoms with E-state index in [1.54, 1.807) is 0 Å². The van der Waals surface area contributed by atoms with Crippen LogP contribution in [0.5, 0.6) is 0 Å². The van der Waals surface area contributed by atoms with Crippen LogP contribution in [0, 0.1) is 17.6 Å². The summed E-state index contributed by atoms with van der Waals surface area (Å²) in [5.41, 5.74) is -1.97. The molecule has 2 N–H and O–H groups in total. The predicted octanol–water partition coefficient (Wildman–Crippen LogP) is 1.01. The van der Waals surface area contributed by atoms with Gasteiger partial charge in [0, 0.05) is 31.1 Å². The maximum Gasteiger partial charge on any atom is 0.302 e. The highest BCUT2D eigenvalue weighted by atomic mass is 19.1. The minimum absolute atomic E-state index is 0.140. The maximum absolute atomic E-state index is 14.2. The van der Waals surface area contributed by atoms with Crippen LogP contribution in [0.2, 0.25) is 0 Å². The molecule has 0 bridgehead atoms. The Kier molecular flexibility index (Phi) is 6.16. The van der Waals surface area contributed by atoms with E-state index in [0.29, 0.717) is 6.07 Å². The smallest absolute Gasteiger partial charge is 0.302 e. The highest BCUT2D eigenvalue weighted by molar-refractivity contribution is 5.65. The molecule has 7 nitrogen and oxygen atoms in total. The summed E-state index contributed by atoms with van der Waals surface area (Å²) in [5.74, 6) is -2.89. The summed E-state index contributed by atoms with van der Waals surface area (Å²) < 4.78 is 33.6. The average Bonchev–Trinajstić information content (AvgIpc) is 3.03. The van der Waals surface area contributed by atoms with Crippen LogP contribution in [0.1, 0.15) is 18.9 Å². The second-order valence-electron chi connectivity index (χ2n) is 5.80. The van der Waals surface area contributed by atoms with Crippen molar-refractivity contribution in [1.29, 1.82) is 0 Å². The molecule has 0 unspecified atom stereocenters. The third-order valence-corrected chi connectivity index (χ3v) is 3.73. The van der Waals surface area contributed by atoms with Crippen LogP contribution in [-0.2, 0) is 21.7 Å². The molecule has 0 aliphatic carbocycles. The fourth-order valence-electron chi connectivity index (χ4n) is 2.60. The van der Waals surface area contributed by atoms with Crippen LogP contribution in [0.4, 0.5) is 8.78 Å². The van der Waals surface area contributed by atoms with Crippen LogP contribution in [0.25, 0.3) is 0 Å². The summed E-state index contributed by atoms with van der Waals surface area (Å²) in [4.78, 5) is 14.7. The SMILES string of the molecule is CC(=O)OC[C@@H](CO)C[C@](O)(Cn1cncn1)c1ccc(F)cc1F. The number of nitrogens with zero attached hydrogens (tertiary/aromatic N) is 3. The van der Waals surface area contributed by atoms with Gasteiger partial charge in [-0.1, -0.05) is 6.07 Å². The van der Waals surface area contributed by atoms with Gasteiger partial charge in [-0.15, -0.1) is 0 Å². The summed E-state index contributed by atoms with van der Waals surface area (Å²) >= 11 is 0. The second-order valence-corrected chi connectivity index (χ2v) is 5.80. The van der Waals surface area contributed by atoms with Crippen molar-refractivity contribution in [2.45, 2.75) is 25.5 Å². The minimum Gasteiger partial charge on any atom is -0.465 e. The Balaban J connectivity index is 2.32. The van der Waals surface area contributed by atoms with E-state index in [9.17, 15) is 23.8 Å². The first-order valence-corrected chi connectivity index (χ1v) is 7.58. The molecule has 1 heterocycles. The molecule has 0 amide bonds. The highest BCUT2D eigenvalue weighted by Gasteiger charge is 2.36. The van der Waals surface area contributed by atoms with Gasteiger partial charge in [-0.05, 0) is 12.5 Å². The van der Waals surface area contributed by atoms with Crippen molar-refractivity contribution in [2.75, 3.05) is 13.2 Å². The molecule has 136 valence electrons. The Labute approximate surface area is 142 Å². The Morgan fingerprint density at radius 1 is 1.44 bits per heavy atom. The quantitative estimate of drug-likeness (QED) is 0.686. The largest absolute Gasteiger partial charge is 0.465 e. The fourth-order valence-corrected chi connectivity index (χ4v) is 2.60. The Morgan fingerprint density at radius 2 is 2.20 bits per heavy atom. The van der Waals surface area contributed by atoms with E-state index in [-0.39, 0.29) is 25.1 Å². The van der Waals surface area contributed by atoms with Crippen molar-refractivity contribution in [3.05, 3.63) is 48.1 Å². The second kappa shape index (κ2) is 8.13. The van der Waals surface area contributed by atoms with E-state index in [0.717, 1.165) is 12.1 Å². The number of aliphatic hydroxyl groups is 2. The first-order chi connectivity index (χ1) is 11.8. The molecule has 2 aromatic rings. The lowest BCUT2D eigenvalue weighted by Gasteiger charge is -2.32. The number of aliphatic hydroxyl groups excluding tert-OH is 1. The zero-order valence-corrected chi connectivity index (χ0v) is 13.6. The topological polar surface area (TPSA) is 97.5 Å². The van der Waals surface area contributed by atoms with Gasteiger partial charge >= 0.3 is 5.97 Å². The Morgan fingerprint density at radius 3 is 2.76 bits per heavy atom. The van der Waals surface area contributed by atoms with E-state index in [4.69, 9.17) is 4.74 Å². The fraction of sp³-hybridized carbons (Fsp3) is 0.438. The number of carbonyl (C=O) groups excluding carboxylic acids is 1. The molecule has 25 heavy (non-hydrogen) atoms. The minimum atomic E-state index is -1.82. The lowest BCUT2D eigenvalue weighted by molar-refractivity contribution is -0.144. The maximum atomic E-state index is 14.2. The van der Waals surface area contributed by atoms with Gasteiger partial charge in [-0.2, -0.15) is 5.10 Å². The lowest BCUT2D eigenvalue weighted by Crippen LogP contribution is -2.37. The number of hydrogen-bond donors (Lipinski definition) is 2. The molecular formula is C16H19F2N3O4. The first-order valence-electron chi connectivity index (χ1n) is 7.58. The summed E-state index contributed by atoms with van der Waals surface area (Å²) in [6.07, 6.45) is 2.45. The van der Waals surface area contributed by atoms with E-state index in [1.165, 1.54) is 24.3 Å². The number of benzene rings is 1. The van der Waals surface area contributed by atoms with Crippen LogP contribution >= 0.6 is 0 Å². The summed E-state index contributed by atoms with van der Waals surface area (Å²) in [7, 11) is 0. The summed E-state index contributed by atoms with van der Waals surface area (Å²) in [5, 5.41) is 24.5.